The maximum Gasteiger partial charge on any atom is 0.273 e. The Morgan fingerprint density at radius 1 is 1.18 bits per heavy atom. The van der Waals surface area contributed by atoms with E-state index in [1.165, 1.54) is 0 Å². The number of aromatic nitrogens is 4. The Balaban J connectivity index is 1.31. The van der Waals surface area contributed by atoms with Crippen LogP contribution in [-0.2, 0) is 6.42 Å². The second kappa shape index (κ2) is 7.91. The summed E-state index contributed by atoms with van der Waals surface area (Å²) >= 11 is 0. The molecular formula is C20H19N5O3. The van der Waals surface area contributed by atoms with Crippen LogP contribution in [0.1, 0.15) is 22.7 Å². The standard InChI is InChI=1S/C20H19N5O3/c1-27-15-9-7-14(8-10-15)17-13-16(24-28-17)20(26)21-11-4-6-19-23-22-18-5-2-3-12-25(18)19/h2-3,5,7-10,12-13H,4,6,11H2,1H3,(H,21,26). The average molecular weight is 377 g/mol. The van der Waals surface area contributed by atoms with Crippen molar-refractivity contribution in [3.05, 3.63) is 66.2 Å². The molecule has 0 spiro atoms. The summed E-state index contributed by atoms with van der Waals surface area (Å²) in [6.07, 6.45) is 3.38. The van der Waals surface area contributed by atoms with Crippen LogP contribution < -0.4 is 10.1 Å². The number of methoxy groups -OCH3 is 1. The fourth-order valence-electron chi connectivity index (χ4n) is 2.87. The number of rotatable bonds is 7. The van der Waals surface area contributed by atoms with E-state index in [0.29, 0.717) is 18.7 Å². The van der Waals surface area contributed by atoms with Gasteiger partial charge >= 0.3 is 0 Å². The summed E-state index contributed by atoms with van der Waals surface area (Å²) in [4.78, 5) is 12.3. The van der Waals surface area contributed by atoms with Crippen molar-refractivity contribution in [2.45, 2.75) is 12.8 Å². The van der Waals surface area contributed by atoms with E-state index in [4.69, 9.17) is 9.26 Å². The van der Waals surface area contributed by atoms with E-state index in [-0.39, 0.29) is 11.6 Å². The van der Waals surface area contributed by atoms with E-state index >= 15 is 0 Å². The van der Waals surface area contributed by atoms with Crippen LogP contribution in [0.3, 0.4) is 0 Å². The second-order valence-corrected chi connectivity index (χ2v) is 6.21. The highest BCUT2D eigenvalue weighted by Gasteiger charge is 2.13. The largest absolute Gasteiger partial charge is 0.497 e. The first kappa shape index (κ1) is 17.7. The minimum atomic E-state index is -0.269. The van der Waals surface area contributed by atoms with Crippen LogP contribution in [0, 0.1) is 0 Å². The number of pyridine rings is 1. The summed E-state index contributed by atoms with van der Waals surface area (Å²) < 4.78 is 12.4. The molecule has 0 aliphatic heterocycles. The molecule has 0 saturated heterocycles. The SMILES string of the molecule is COc1ccc(-c2cc(C(=O)NCCCc3nnc4ccccn34)no2)cc1. The minimum Gasteiger partial charge on any atom is -0.497 e. The van der Waals surface area contributed by atoms with Gasteiger partial charge in [-0.3, -0.25) is 9.20 Å². The van der Waals surface area contributed by atoms with Gasteiger partial charge in [-0.15, -0.1) is 10.2 Å². The average Bonchev–Trinajstić information content (AvgIpc) is 3.39. The lowest BCUT2D eigenvalue weighted by atomic mass is 10.1. The number of benzene rings is 1. The lowest BCUT2D eigenvalue weighted by Gasteiger charge is -2.02. The van der Waals surface area contributed by atoms with Gasteiger partial charge in [0.2, 0.25) is 0 Å². The Bertz CT molecular complexity index is 1080. The molecular weight excluding hydrogens is 358 g/mol. The number of amides is 1. The third-order valence-electron chi connectivity index (χ3n) is 4.36. The molecule has 4 rings (SSSR count). The Kier molecular flexibility index (Phi) is 5.01. The molecule has 0 bridgehead atoms. The zero-order valence-electron chi connectivity index (χ0n) is 15.3. The van der Waals surface area contributed by atoms with Crippen molar-refractivity contribution in [1.82, 2.24) is 25.1 Å². The first-order valence-electron chi connectivity index (χ1n) is 8.92. The molecule has 28 heavy (non-hydrogen) atoms. The van der Waals surface area contributed by atoms with Crippen LogP contribution in [0.5, 0.6) is 5.75 Å². The molecule has 1 aromatic carbocycles. The number of fused-ring (bicyclic) bond motifs is 1. The van der Waals surface area contributed by atoms with E-state index < -0.39 is 0 Å². The van der Waals surface area contributed by atoms with Crippen molar-refractivity contribution in [3.8, 4) is 17.1 Å². The predicted octanol–water partition coefficient (Wildman–Crippen LogP) is 2.76. The van der Waals surface area contributed by atoms with Crippen LogP contribution in [0.15, 0.2) is 59.3 Å². The van der Waals surface area contributed by atoms with Gasteiger partial charge in [0.25, 0.3) is 5.91 Å². The summed E-state index contributed by atoms with van der Waals surface area (Å²) in [5, 5.41) is 15.0. The van der Waals surface area contributed by atoms with Crippen LogP contribution in [0.4, 0.5) is 0 Å². The van der Waals surface area contributed by atoms with Gasteiger partial charge in [-0.1, -0.05) is 11.2 Å². The van der Waals surface area contributed by atoms with Gasteiger partial charge in [-0.05, 0) is 42.8 Å². The molecule has 0 atom stereocenters. The number of ether oxygens (including phenoxy) is 1. The van der Waals surface area contributed by atoms with Crippen molar-refractivity contribution < 1.29 is 14.1 Å². The van der Waals surface area contributed by atoms with Gasteiger partial charge in [-0.2, -0.15) is 0 Å². The Morgan fingerprint density at radius 3 is 2.86 bits per heavy atom. The van der Waals surface area contributed by atoms with E-state index in [9.17, 15) is 4.79 Å². The smallest absolute Gasteiger partial charge is 0.273 e. The number of carbonyl (C=O) groups excluding carboxylic acids is 1. The zero-order chi connectivity index (χ0) is 19.3. The number of carbonyl (C=O) groups is 1. The van der Waals surface area contributed by atoms with Crippen LogP contribution in [0.25, 0.3) is 17.0 Å². The molecule has 142 valence electrons. The van der Waals surface area contributed by atoms with Gasteiger partial charge < -0.3 is 14.6 Å². The maximum absolute atomic E-state index is 12.3. The second-order valence-electron chi connectivity index (χ2n) is 6.21. The molecule has 0 aliphatic carbocycles. The van der Waals surface area contributed by atoms with Crippen molar-refractivity contribution in [2.75, 3.05) is 13.7 Å². The van der Waals surface area contributed by atoms with Crippen molar-refractivity contribution >= 4 is 11.6 Å². The Hall–Kier alpha value is -3.68. The summed E-state index contributed by atoms with van der Waals surface area (Å²) in [5.41, 5.74) is 1.89. The van der Waals surface area contributed by atoms with E-state index in [1.807, 2.05) is 53.1 Å². The quantitative estimate of drug-likeness (QED) is 0.498. The molecule has 3 aromatic heterocycles. The monoisotopic (exact) mass is 377 g/mol. The van der Waals surface area contributed by atoms with Crippen molar-refractivity contribution in [2.24, 2.45) is 0 Å². The first-order valence-corrected chi connectivity index (χ1v) is 8.92. The number of hydrogen-bond donors (Lipinski definition) is 1. The Labute approximate surface area is 161 Å². The minimum absolute atomic E-state index is 0.249. The fraction of sp³-hybridized carbons (Fsp3) is 0.200. The molecule has 0 aliphatic rings. The molecule has 3 heterocycles. The molecule has 0 saturated carbocycles. The van der Waals surface area contributed by atoms with Gasteiger partial charge in [0.1, 0.15) is 11.6 Å². The van der Waals surface area contributed by atoms with Crippen LogP contribution >= 0.6 is 0 Å². The van der Waals surface area contributed by atoms with E-state index in [2.05, 4.69) is 20.7 Å². The van der Waals surface area contributed by atoms with Gasteiger partial charge in [0, 0.05) is 30.8 Å². The lowest BCUT2D eigenvalue weighted by Crippen LogP contribution is -2.25. The van der Waals surface area contributed by atoms with E-state index in [1.54, 1.807) is 13.2 Å². The summed E-state index contributed by atoms with van der Waals surface area (Å²) in [6.45, 7) is 0.505. The molecule has 0 unspecified atom stereocenters. The molecule has 0 radical (unpaired) electrons. The molecule has 0 fully saturated rings. The van der Waals surface area contributed by atoms with Crippen molar-refractivity contribution in [3.63, 3.8) is 0 Å². The maximum atomic E-state index is 12.3. The highest BCUT2D eigenvalue weighted by atomic mass is 16.5. The number of nitrogens with one attached hydrogen (secondary N) is 1. The predicted molar refractivity (Wildman–Crippen MR) is 102 cm³/mol. The first-order chi connectivity index (χ1) is 13.7. The molecule has 8 nitrogen and oxygen atoms in total. The molecule has 1 N–H and O–H groups in total. The summed E-state index contributed by atoms with van der Waals surface area (Å²) in [7, 11) is 1.61. The number of aryl methyl sites for hydroxylation is 1. The molecule has 4 aromatic rings. The van der Waals surface area contributed by atoms with Gasteiger partial charge in [0.05, 0.1) is 7.11 Å². The topological polar surface area (TPSA) is 94.5 Å². The fourth-order valence-corrected chi connectivity index (χ4v) is 2.87. The molecule has 1 amide bonds. The van der Waals surface area contributed by atoms with Gasteiger partial charge in [-0.25, -0.2) is 0 Å². The highest BCUT2D eigenvalue weighted by Crippen LogP contribution is 2.23. The number of hydrogen-bond acceptors (Lipinski definition) is 6. The van der Waals surface area contributed by atoms with Crippen LogP contribution in [0.2, 0.25) is 0 Å². The summed E-state index contributed by atoms with van der Waals surface area (Å²) in [6, 6.07) is 14.7. The Morgan fingerprint density at radius 2 is 2.04 bits per heavy atom. The van der Waals surface area contributed by atoms with E-state index in [0.717, 1.165) is 29.2 Å². The van der Waals surface area contributed by atoms with Gasteiger partial charge in [0.15, 0.2) is 17.1 Å². The zero-order valence-corrected chi connectivity index (χ0v) is 15.3. The summed E-state index contributed by atoms with van der Waals surface area (Å²) in [5.74, 6) is 1.88. The highest BCUT2D eigenvalue weighted by molar-refractivity contribution is 5.93. The lowest BCUT2D eigenvalue weighted by molar-refractivity contribution is 0.0944. The molecule has 8 heteroatoms. The van der Waals surface area contributed by atoms with Crippen molar-refractivity contribution in [1.29, 1.82) is 0 Å². The number of nitrogens with zero attached hydrogens (tertiary/aromatic N) is 4. The van der Waals surface area contributed by atoms with Crippen LogP contribution in [-0.4, -0.2) is 39.3 Å². The third-order valence-corrected chi connectivity index (χ3v) is 4.36. The normalized spacial score (nSPS) is 10.9. The third kappa shape index (κ3) is 3.71.